The van der Waals surface area contributed by atoms with Crippen LogP contribution in [0.2, 0.25) is 0 Å². The van der Waals surface area contributed by atoms with E-state index in [9.17, 15) is 10.4 Å². The van der Waals surface area contributed by atoms with Gasteiger partial charge in [-0.25, -0.2) is 0 Å². The van der Waals surface area contributed by atoms with E-state index in [1.807, 2.05) is 0 Å². The first-order chi connectivity index (χ1) is 11.7. The monoisotopic (exact) mass is 514 g/mol. The summed E-state index contributed by atoms with van der Waals surface area (Å²) >= 11 is 0. The Morgan fingerprint density at radius 2 is 0.931 bits per heavy atom. The van der Waals surface area contributed by atoms with Gasteiger partial charge in [-0.15, -0.1) is 0 Å². The molecule has 0 saturated heterocycles. The maximum atomic E-state index is 10.6. The fraction of sp³-hybridized carbons (Fsp3) is 0. The SMILES string of the molecule is [Cd+2].[O-][n+]1ccc(-c2nnn[n-]2)cc1.[O-][n+]1ccc(-c2nnn[n-]2)cc1.[OH3+].[OH3+].[OH3+].[OH3+]. The first kappa shape index (κ1) is 30.5. The minimum atomic E-state index is 0. The summed E-state index contributed by atoms with van der Waals surface area (Å²) in [6.07, 6.45) is 5.47. The Bertz CT molecular complexity index is 801. The second-order valence-electron chi connectivity index (χ2n) is 4.30. The summed E-state index contributed by atoms with van der Waals surface area (Å²) in [5.41, 5.74) is 1.46. The van der Waals surface area contributed by atoms with Gasteiger partial charge in [0.15, 0.2) is 24.8 Å². The molecule has 16 nitrogen and oxygen atoms in total. The van der Waals surface area contributed by atoms with E-state index < -0.39 is 0 Å². The Kier molecular flexibility index (Phi) is 15.6. The van der Waals surface area contributed by atoms with Crippen LogP contribution in [0.1, 0.15) is 0 Å². The third kappa shape index (κ3) is 8.56. The molecule has 0 amide bonds. The topological polar surface area (TPSA) is 291 Å². The molecule has 4 aromatic rings. The van der Waals surface area contributed by atoms with Gasteiger partial charge >= 0.3 is 27.3 Å². The molecular formula is C12H20CdN10O6+4. The van der Waals surface area contributed by atoms with E-state index >= 15 is 0 Å². The van der Waals surface area contributed by atoms with Crippen molar-refractivity contribution in [1.29, 1.82) is 0 Å². The molecule has 0 fully saturated rings. The van der Waals surface area contributed by atoms with Crippen LogP contribution in [-0.2, 0) is 49.2 Å². The smallest absolute Gasteiger partial charge is 0.619 e. The molecular weight excluding hydrogens is 493 g/mol. The quantitative estimate of drug-likeness (QED) is 0.106. The van der Waals surface area contributed by atoms with E-state index in [2.05, 4.69) is 41.2 Å². The molecule has 0 atom stereocenters. The normalized spacial score (nSPS) is 8.28. The van der Waals surface area contributed by atoms with E-state index in [1.54, 1.807) is 24.3 Å². The van der Waals surface area contributed by atoms with E-state index in [-0.39, 0.29) is 49.2 Å². The fourth-order valence-electron chi connectivity index (χ4n) is 1.64. The summed E-state index contributed by atoms with van der Waals surface area (Å²) < 4.78 is 1.38. The van der Waals surface area contributed by atoms with Crippen molar-refractivity contribution in [2.75, 3.05) is 0 Å². The molecule has 29 heavy (non-hydrogen) atoms. The number of pyridine rings is 2. The van der Waals surface area contributed by atoms with Crippen molar-refractivity contribution in [2.45, 2.75) is 0 Å². The molecule has 0 unspecified atom stereocenters. The summed E-state index contributed by atoms with van der Waals surface area (Å²) in [6.45, 7) is 0. The summed E-state index contributed by atoms with van der Waals surface area (Å²) in [4.78, 5) is 0. The third-order valence-corrected chi connectivity index (χ3v) is 2.76. The third-order valence-electron chi connectivity index (χ3n) is 2.76. The molecule has 0 spiro atoms. The Balaban J connectivity index is -0.000000398. The average molecular weight is 513 g/mol. The van der Waals surface area contributed by atoms with Crippen LogP contribution >= 0.6 is 0 Å². The molecule has 0 bridgehead atoms. The Morgan fingerprint density at radius 1 is 0.621 bits per heavy atom. The maximum absolute atomic E-state index is 10.6. The molecule has 0 aromatic carbocycles. The van der Waals surface area contributed by atoms with Crippen molar-refractivity contribution in [3.8, 4) is 22.8 Å². The molecule has 17 heteroatoms. The van der Waals surface area contributed by atoms with Gasteiger partial charge in [0.25, 0.3) is 0 Å². The zero-order valence-electron chi connectivity index (χ0n) is 14.9. The van der Waals surface area contributed by atoms with Crippen LogP contribution in [0.5, 0.6) is 0 Å². The van der Waals surface area contributed by atoms with Crippen molar-refractivity contribution in [1.82, 2.24) is 41.2 Å². The Labute approximate surface area is 182 Å². The molecule has 4 heterocycles. The van der Waals surface area contributed by atoms with Gasteiger partial charge in [-0.1, -0.05) is 0 Å². The van der Waals surface area contributed by atoms with Gasteiger partial charge in [0, 0.05) is 47.0 Å². The fourth-order valence-corrected chi connectivity index (χ4v) is 1.64. The minimum absolute atomic E-state index is 0. The second kappa shape index (κ2) is 14.8. The molecule has 4 aromatic heterocycles. The van der Waals surface area contributed by atoms with Crippen LogP contribution in [0.25, 0.3) is 22.8 Å². The largest absolute Gasteiger partial charge is 2.00 e. The first-order valence-electron chi connectivity index (χ1n) is 6.48. The predicted molar refractivity (Wildman–Crippen MR) is 94.6 cm³/mol. The molecule has 4 rings (SSSR count). The molecule has 152 valence electrons. The van der Waals surface area contributed by atoms with Crippen LogP contribution in [-0.4, -0.2) is 31.1 Å². The zero-order valence-corrected chi connectivity index (χ0v) is 19.0. The van der Waals surface area contributed by atoms with E-state index in [1.165, 1.54) is 24.8 Å². The molecule has 0 saturated carbocycles. The number of rotatable bonds is 2. The van der Waals surface area contributed by atoms with E-state index in [0.29, 0.717) is 21.1 Å². The first-order valence-corrected chi connectivity index (χ1v) is 6.48. The van der Waals surface area contributed by atoms with Gasteiger partial charge in [0.2, 0.25) is 0 Å². The summed E-state index contributed by atoms with van der Waals surface area (Å²) in [7, 11) is 0. The van der Waals surface area contributed by atoms with Crippen molar-refractivity contribution in [2.24, 2.45) is 0 Å². The van der Waals surface area contributed by atoms with Gasteiger partial charge in [-0.2, -0.15) is 19.9 Å². The van der Waals surface area contributed by atoms with E-state index in [0.717, 1.165) is 11.1 Å². The summed E-state index contributed by atoms with van der Waals surface area (Å²) in [6, 6.07) is 6.41. The average Bonchev–Trinajstić information content (AvgIpc) is 3.31. The van der Waals surface area contributed by atoms with Gasteiger partial charge < -0.3 is 42.5 Å². The minimum Gasteiger partial charge on any atom is -0.619 e. The number of tetrazole rings is 2. The standard InChI is InChI=1S/2C6H4N5O.Cd.4H2O/c2*12-11-3-1-5(2-4-11)6-7-9-10-8-6;;;;;/h2*1-4H;;4*1H2/q2*-1;+2;;;;/p+4. The summed E-state index contributed by atoms with van der Waals surface area (Å²) in [5.74, 6) is 0.853. The van der Waals surface area contributed by atoms with E-state index in [4.69, 9.17) is 0 Å². The van der Waals surface area contributed by atoms with Crippen molar-refractivity contribution in [3.05, 3.63) is 59.5 Å². The number of hydrogen-bond donors (Lipinski definition) is 0. The molecule has 0 aliphatic rings. The van der Waals surface area contributed by atoms with Crippen LogP contribution in [0.15, 0.2) is 49.1 Å². The Hall–Kier alpha value is -3.20. The van der Waals surface area contributed by atoms with Crippen molar-refractivity contribution < 1.29 is 58.7 Å². The van der Waals surface area contributed by atoms with Crippen LogP contribution in [0, 0.1) is 10.4 Å². The zero-order chi connectivity index (χ0) is 16.8. The number of nitrogens with zero attached hydrogens (tertiary/aromatic N) is 10. The van der Waals surface area contributed by atoms with Gasteiger partial charge in [-0.05, 0) is 0 Å². The molecule has 0 aliphatic heterocycles. The number of hydrogen-bond acceptors (Lipinski definition) is 8. The summed E-state index contributed by atoms with van der Waals surface area (Å²) in [5, 5.41) is 49.1. The van der Waals surface area contributed by atoms with Gasteiger partial charge in [-0.3, -0.25) is 20.6 Å². The van der Waals surface area contributed by atoms with Gasteiger partial charge in [0.05, 0.1) is 0 Å². The maximum Gasteiger partial charge on any atom is 2.00 e. The Morgan fingerprint density at radius 3 is 1.17 bits per heavy atom. The van der Waals surface area contributed by atoms with Crippen molar-refractivity contribution in [3.63, 3.8) is 0 Å². The van der Waals surface area contributed by atoms with Crippen molar-refractivity contribution >= 4 is 0 Å². The number of aromatic nitrogens is 10. The molecule has 0 radical (unpaired) electrons. The predicted octanol–water partition coefficient (Wildman–Crippen LogP) is -5.43. The van der Waals surface area contributed by atoms with Gasteiger partial charge in [0.1, 0.15) is 0 Å². The second-order valence-corrected chi connectivity index (χ2v) is 4.30. The molecule has 12 N–H and O–H groups in total. The van der Waals surface area contributed by atoms with Crippen LogP contribution in [0.4, 0.5) is 0 Å². The van der Waals surface area contributed by atoms with Crippen LogP contribution < -0.4 is 19.7 Å². The molecule has 0 aliphatic carbocycles. The van der Waals surface area contributed by atoms with Crippen LogP contribution in [0.3, 0.4) is 0 Å².